The number of pyridine rings is 1. The highest BCUT2D eigenvalue weighted by Crippen LogP contribution is 2.40. The third kappa shape index (κ3) is 3.29. The van der Waals surface area contributed by atoms with E-state index in [9.17, 15) is 14.9 Å². The largest absolute Gasteiger partial charge is 0.349 e. The van der Waals surface area contributed by atoms with Crippen molar-refractivity contribution in [1.82, 2.24) is 4.98 Å². The molecular formula is C20H17FN4S. The predicted molar refractivity (Wildman–Crippen MR) is 102 cm³/mol. The maximum atomic E-state index is 13.4. The highest BCUT2D eigenvalue weighted by Gasteiger charge is 2.32. The number of aryl methyl sites for hydroxylation is 1. The molecule has 1 fully saturated rings. The summed E-state index contributed by atoms with van der Waals surface area (Å²) in [6.45, 7) is 8.10. The van der Waals surface area contributed by atoms with Crippen molar-refractivity contribution in [1.29, 1.82) is 10.5 Å². The van der Waals surface area contributed by atoms with E-state index in [0.717, 1.165) is 16.0 Å². The first-order valence-electron chi connectivity index (χ1n) is 8.12. The molecule has 1 aliphatic rings. The van der Waals surface area contributed by atoms with Gasteiger partial charge < -0.3 is 4.90 Å². The molecule has 26 heavy (non-hydrogen) atoms. The minimum absolute atomic E-state index is 0.206. The number of alkyl halides is 1. The molecular weight excluding hydrogens is 347 g/mol. The standard InChI is InChI=1S/C20H17FN4S/c1-12(2)26-20-17(9-23)18(14-6-4-13(3)5-7-14)16(8-22)19(24-20)25-10-15(21)11-25/h4-7,15H,1,10-11H2,2-3H3. The van der Waals surface area contributed by atoms with Crippen LogP contribution in [0.2, 0.25) is 0 Å². The van der Waals surface area contributed by atoms with Crippen molar-refractivity contribution in [3.05, 3.63) is 52.4 Å². The van der Waals surface area contributed by atoms with Gasteiger partial charge in [0.1, 0.15) is 34.7 Å². The van der Waals surface area contributed by atoms with E-state index in [1.165, 1.54) is 11.8 Å². The summed E-state index contributed by atoms with van der Waals surface area (Å²) in [6.07, 6.45) is -0.918. The molecule has 130 valence electrons. The number of halogens is 1. The zero-order valence-corrected chi connectivity index (χ0v) is 15.4. The van der Waals surface area contributed by atoms with Crippen molar-refractivity contribution in [3.63, 3.8) is 0 Å². The lowest BCUT2D eigenvalue weighted by molar-refractivity contribution is 0.273. The average Bonchev–Trinajstić information content (AvgIpc) is 2.58. The van der Waals surface area contributed by atoms with Crippen molar-refractivity contribution in [2.75, 3.05) is 18.0 Å². The highest BCUT2D eigenvalue weighted by atomic mass is 32.2. The summed E-state index contributed by atoms with van der Waals surface area (Å²) in [5, 5.41) is 20.1. The van der Waals surface area contributed by atoms with Gasteiger partial charge in [-0.25, -0.2) is 9.37 Å². The third-order valence-corrected chi connectivity index (χ3v) is 4.95. The van der Waals surface area contributed by atoms with Gasteiger partial charge in [0.25, 0.3) is 0 Å². The predicted octanol–water partition coefficient (Wildman–Crippen LogP) is 4.58. The Morgan fingerprint density at radius 1 is 1.23 bits per heavy atom. The van der Waals surface area contributed by atoms with Crippen molar-refractivity contribution >= 4 is 17.6 Å². The number of hydrogen-bond donors (Lipinski definition) is 0. The first-order chi connectivity index (χ1) is 12.4. The molecule has 0 bridgehead atoms. The molecule has 1 aliphatic heterocycles. The maximum Gasteiger partial charge on any atom is 0.148 e. The number of allylic oxidation sites excluding steroid dienone is 1. The van der Waals surface area contributed by atoms with Crippen molar-refractivity contribution in [3.8, 4) is 23.3 Å². The van der Waals surface area contributed by atoms with Gasteiger partial charge in [-0.3, -0.25) is 0 Å². The Morgan fingerprint density at radius 2 is 1.85 bits per heavy atom. The van der Waals surface area contributed by atoms with Crippen molar-refractivity contribution in [2.45, 2.75) is 25.0 Å². The monoisotopic (exact) mass is 364 g/mol. The van der Waals surface area contributed by atoms with Crippen molar-refractivity contribution < 1.29 is 4.39 Å². The van der Waals surface area contributed by atoms with E-state index in [1.54, 1.807) is 4.90 Å². The minimum Gasteiger partial charge on any atom is -0.349 e. The molecule has 0 amide bonds. The Hall–Kier alpha value is -2.83. The van der Waals surface area contributed by atoms with Crippen LogP contribution < -0.4 is 4.90 Å². The lowest BCUT2D eigenvalue weighted by Gasteiger charge is -2.36. The van der Waals surface area contributed by atoms with Crippen molar-refractivity contribution in [2.24, 2.45) is 0 Å². The van der Waals surface area contributed by atoms with Crippen LogP contribution in [0.5, 0.6) is 0 Å². The normalized spacial score (nSPS) is 13.7. The Balaban J connectivity index is 2.29. The average molecular weight is 364 g/mol. The molecule has 4 nitrogen and oxygen atoms in total. The first-order valence-corrected chi connectivity index (χ1v) is 8.93. The summed E-state index contributed by atoms with van der Waals surface area (Å²) >= 11 is 1.29. The van der Waals surface area contributed by atoms with E-state index in [1.807, 2.05) is 38.1 Å². The Morgan fingerprint density at radius 3 is 2.35 bits per heavy atom. The van der Waals surface area contributed by atoms with Crippen LogP contribution in [-0.2, 0) is 0 Å². The smallest absolute Gasteiger partial charge is 0.148 e. The highest BCUT2D eigenvalue weighted by molar-refractivity contribution is 8.03. The molecule has 0 radical (unpaired) electrons. The van der Waals surface area contributed by atoms with Crippen LogP contribution in [0, 0.1) is 29.6 Å². The fourth-order valence-electron chi connectivity index (χ4n) is 2.84. The number of aromatic nitrogens is 1. The molecule has 2 aromatic rings. The van der Waals surface area contributed by atoms with E-state index in [4.69, 9.17) is 0 Å². The quantitative estimate of drug-likeness (QED) is 0.743. The molecule has 6 heteroatoms. The molecule has 3 rings (SSSR count). The van der Waals surface area contributed by atoms with E-state index in [-0.39, 0.29) is 13.1 Å². The second-order valence-electron chi connectivity index (χ2n) is 6.26. The molecule has 2 heterocycles. The topological polar surface area (TPSA) is 63.7 Å². The number of anilines is 1. The molecule has 0 spiro atoms. The molecule has 0 saturated carbocycles. The second kappa shape index (κ2) is 7.19. The van der Waals surface area contributed by atoms with E-state index in [0.29, 0.717) is 27.5 Å². The first kappa shape index (κ1) is 18.0. The summed E-state index contributed by atoms with van der Waals surface area (Å²) in [4.78, 5) is 7.06. The van der Waals surface area contributed by atoms with Gasteiger partial charge in [0.2, 0.25) is 0 Å². The molecule has 0 atom stereocenters. The van der Waals surface area contributed by atoms with Gasteiger partial charge in [-0.2, -0.15) is 10.5 Å². The van der Waals surface area contributed by atoms with E-state index < -0.39 is 6.17 Å². The number of hydrogen-bond acceptors (Lipinski definition) is 5. The van der Waals surface area contributed by atoms with Gasteiger partial charge in [-0.15, -0.1) is 0 Å². The molecule has 0 unspecified atom stereocenters. The number of thioether (sulfide) groups is 1. The Bertz CT molecular complexity index is 948. The lowest BCUT2D eigenvalue weighted by atomic mass is 9.95. The molecule has 0 aliphatic carbocycles. The van der Waals surface area contributed by atoms with Crippen LogP contribution in [0.4, 0.5) is 10.2 Å². The second-order valence-corrected chi connectivity index (χ2v) is 7.55. The lowest BCUT2D eigenvalue weighted by Crippen LogP contribution is -2.49. The minimum atomic E-state index is -0.918. The van der Waals surface area contributed by atoms with E-state index in [2.05, 4.69) is 23.7 Å². The van der Waals surface area contributed by atoms with Crippen LogP contribution in [0.15, 0.2) is 40.8 Å². The zero-order valence-electron chi connectivity index (χ0n) is 14.6. The summed E-state index contributed by atoms with van der Waals surface area (Å²) in [5.74, 6) is 0.430. The fourth-order valence-corrected chi connectivity index (χ4v) is 3.55. The van der Waals surface area contributed by atoms with Crippen LogP contribution in [0.3, 0.4) is 0 Å². The van der Waals surface area contributed by atoms with E-state index >= 15 is 0 Å². The summed E-state index contributed by atoms with van der Waals surface area (Å²) in [6, 6.07) is 12.0. The van der Waals surface area contributed by atoms with Crippen LogP contribution >= 0.6 is 11.8 Å². The van der Waals surface area contributed by atoms with Gasteiger partial charge >= 0.3 is 0 Å². The van der Waals surface area contributed by atoms with Gasteiger partial charge in [0.15, 0.2) is 0 Å². The maximum absolute atomic E-state index is 13.4. The number of benzene rings is 1. The van der Waals surface area contributed by atoms with Gasteiger partial charge in [0, 0.05) is 5.56 Å². The third-order valence-electron chi connectivity index (χ3n) is 4.12. The summed E-state index contributed by atoms with van der Waals surface area (Å²) in [5.41, 5.74) is 3.06. The van der Waals surface area contributed by atoms with Gasteiger partial charge in [-0.05, 0) is 24.3 Å². The zero-order chi connectivity index (χ0) is 18.8. The summed E-state index contributed by atoms with van der Waals surface area (Å²) < 4.78 is 13.4. The van der Waals surface area contributed by atoms with Crippen LogP contribution in [0.1, 0.15) is 23.6 Å². The number of nitrogens with zero attached hydrogens (tertiary/aromatic N) is 4. The molecule has 1 aromatic carbocycles. The summed E-state index contributed by atoms with van der Waals surface area (Å²) in [7, 11) is 0. The number of nitriles is 2. The Kier molecular flexibility index (Phi) is 4.97. The van der Waals surface area contributed by atoms with Gasteiger partial charge in [0.05, 0.1) is 18.7 Å². The van der Waals surface area contributed by atoms with Gasteiger partial charge in [-0.1, -0.05) is 48.2 Å². The number of rotatable bonds is 4. The fraction of sp³-hybridized carbons (Fsp3) is 0.250. The molecule has 1 saturated heterocycles. The Labute approximate surface area is 156 Å². The van der Waals surface area contributed by atoms with Crippen LogP contribution in [0.25, 0.3) is 11.1 Å². The molecule has 1 aromatic heterocycles. The molecule has 0 N–H and O–H groups in total. The SMILES string of the molecule is C=C(C)Sc1nc(N2CC(F)C2)c(C#N)c(-c2ccc(C)cc2)c1C#N. The van der Waals surface area contributed by atoms with Crippen LogP contribution in [-0.4, -0.2) is 24.2 Å².